The third-order valence-corrected chi connectivity index (χ3v) is 2.13. The fourth-order valence-electron chi connectivity index (χ4n) is 0.950. The summed E-state index contributed by atoms with van der Waals surface area (Å²) in [7, 11) is 0. The Bertz CT molecular complexity index is 302. The molecule has 0 aliphatic heterocycles. The van der Waals surface area contributed by atoms with Gasteiger partial charge in [-0.15, -0.1) is 0 Å². The zero-order chi connectivity index (χ0) is 10.6. The lowest BCUT2D eigenvalue weighted by molar-refractivity contribution is 0.0949. The number of hydrogen-bond donors (Lipinski definition) is 0. The van der Waals surface area contributed by atoms with Gasteiger partial charge in [-0.25, -0.2) is 4.98 Å². The van der Waals surface area contributed by atoms with Crippen molar-refractivity contribution in [2.45, 2.75) is 20.5 Å². The van der Waals surface area contributed by atoms with Crippen LogP contribution in [0, 0.1) is 5.92 Å². The fourth-order valence-corrected chi connectivity index (χ4v) is 1.28. The van der Waals surface area contributed by atoms with E-state index >= 15 is 0 Å². The quantitative estimate of drug-likeness (QED) is 0.743. The SMILES string of the molecule is CC(C)COCc1nc(Cl)ccc1Cl. The summed E-state index contributed by atoms with van der Waals surface area (Å²) in [6, 6.07) is 3.39. The Morgan fingerprint density at radius 1 is 1.36 bits per heavy atom. The lowest BCUT2D eigenvalue weighted by atomic mass is 10.2. The van der Waals surface area contributed by atoms with Crippen molar-refractivity contribution in [3.8, 4) is 0 Å². The molecule has 0 bridgehead atoms. The zero-order valence-corrected chi connectivity index (χ0v) is 9.77. The Labute approximate surface area is 94.2 Å². The van der Waals surface area contributed by atoms with E-state index in [1.54, 1.807) is 12.1 Å². The first kappa shape index (κ1) is 11.8. The molecule has 78 valence electrons. The standard InChI is InChI=1S/C10H13Cl2NO/c1-7(2)5-14-6-9-8(11)3-4-10(12)13-9/h3-4,7H,5-6H2,1-2H3. The van der Waals surface area contributed by atoms with E-state index < -0.39 is 0 Å². The molecule has 1 rings (SSSR count). The summed E-state index contributed by atoms with van der Waals surface area (Å²) in [5.74, 6) is 0.507. The second-order valence-corrected chi connectivity index (χ2v) is 4.27. The topological polar surface area (TPSA) is 22.1 Å². The first-order chi connectivity index (χ1) is 6.59. The maximum absolute atomic E-state index is 5.91. The van der Waals surface area contributed by atoms with Crippen LogP contribution < -0.4 is 0 Å². The van der Waals surface area contributed by atoms with Crippen LogP contribution in [0.1, 0.15) is 19.5 Å². The van der Waals surface area contributed by atoms with Gasteiger partial charge in [0.15, 0.2) is 0 Å². The van der Waals surface area contributed by atoms with Crippen LogP contribution in [0.25, 0.3) is 0 Å². The van der Waals surface area contributed by atoms with Crippen LogP contribution >= 0.6 is 23.2 Å². The highest BCUT2D eigenvalue weighted by Gasteiger charge is 2.03. The van der Waals surface area contributed by atoms with Crippen LogP contribution in [-0.2, 0) is 11.3 Å². The summed E-state index contributed by atoms with van der Waals surface area (Å²) in [4.78, 5) is 4.08. The molecule has 4 heteroatoms. The van der Waals surface area contributed by atoms with Gasteiger partial charge in [-0.05, 0) is 18.1 Å². The smallest absolute Gasteiger partial charge is 0.129 e. The molecular formula is C10H13Cl2NO. The Morgan fingerprint density at radius 2 is 2.07 bits per heavy atom. The Morgan fingerprint density at radius 3 is 2.71 bits per heavy atom. The third-order valence-electron chi connectivity index (χ3n) is 1.57. The van der Waals surface area contributed by atoms with E-state index in [4.69, 9.17) is 27.9 Å². The molecule has 0 radical (unpaired) electrons. The predicted octanol–water partition coefficient (Wildman–Crippen LogP) is 3.56. The van der Waals surface area contributed by atoms with Crippen LogP contribution in [-0.4, -0.2) is 11.6 Å². The minimum absolute atomic E-state index is 0.414. The van der Waals surface area contributed by atoms with Gasteiger partial charge in [0.25, 0.3) is 0 Å². The molecule has 0 fully saturated rings. The van der Waals surface area contributed by atoms with Crippen molar-refractivity contribution in [3.05, 3.63) is 28.0 Å². The average molecular weight is 234 g/mol. The van der Waals surface area contributed by atoms with E-state index in [2.05, 4.69) is 18.8 Å². The van der Waals surface area contributed by atoms with Gasteiger partial charge in [-0.3, -0.25) is 0 Å². The van der Waals surface area contributed by atoms with E-state index in [1.165, 1.54) is 0 Å². The van der Waals surface area contributed by atoms with Gasteiger partial charge in [-0.2, -0.15) is 0 Å². The van der Waals surface area contributed by atoms with Crippen LogP contribution in [0.5, 0.6) is 0 Å². The minimum Gasteiger partial charge on any atom is -0.375 e. The zero-order valence-electron chi connectivity index (χ0n) is 8.26. The lowest BCUT2D eigenvalue weighted by Gasteiger charge is -2.07. The van der Waals surface area contributed by atoms with Gasteiger partial charge in [0.2, 0.25) is 0 Å². The molecule has 0 saturated heterocycles. The second kappa shape index (κ2) is 5.54. The van der Waals surface area contributed by atoms with Crippen LogP contribution in [0.15, 0.2) is 12.1 Å². The molecular weight excluding hydrogens is 221 g/mol. The molecule has 0 aliphatic rings. The highest BCUT2D eigenvalue weighted by molar-refractivity contribution is 6.32. The molecule has 0 spiro atoms. The maximum atomic E-state index is 5.91. The number of hydrogen-bond acceptors (Lipinski definition) is 2. The van der Waals surface area contributed by atoms with Crippen molar-refractivity contribution in [2.24, 2.45) is 5.92 Å². The van der Waals surface area contributed by atoms with Crippen LogP contribution in [0.3, 0.4) is 0 Å². The van der Waals surface area contributed by atoms with Crippen molar-refractivity contribution in [1.29, 1.82) is 0 Å². The summed E-state index contributed by atoms with van der Waals surface area (Å²) >= 11 is 11.6. The molecule has 0 amide bonds. The van der Waals surface area contributed by atoms with Crippen molar-refractivity contribution in [2.75, 3.05) is 6.61 Å². The molecule has 1 aromatic rings. The van der Waals surface area contributed by atoms with E-state index in [9.17, 15) is 0 Å². The Kier molecular flexibility index (Phi) is 4.66. The van der Waals surface area contributed by atoms with Gasteiger partial charge in [0.05, 0.1) is 17.3 Å². The molecule has 0 unspecified atom stereocenters. The Balaban J connectivity index is 2.53. The molecule has 1 heterocycles. The summed E-state index contributed by atoms with van der Waals surface area (Å²) in [5, 5.41) is 1.04. The number of aromatic nitrogens is 1. The van der Waals surface area contributed by atoms with Crippen molar-refractivity contribution >= 4 is 23.2 Å². The molecule has 0 aromatic carbocycles. The number of rotatable bonds is 4. The molecule has 2 nitrogen and oxygen atoms in total. The van der Waals surface area contributed by atoms with E-state index in [0.29, 0.717) is 35.0 Å². The molecule has 14 heavy (non-hydrogen) atoms. The highest BCUT2D eigenvalue weighted by Crippen LogP contribution is 2.17. The van der Waals surface area contributed by atoms with Gasteiger partial charge >= 0.3 is 0 Å². The molecule has 0 N–H and O–H groups in total. The largest absolute Gasteiger partial charge is 0.375 e. The first-order valence-corrected chi connectivity index (χ1v) is 5.24. The monoisotopic (exact) mass is 233 g/mol. The fraction of sp³-hybridized carbons (Fsp3) is 0.500. The number of ether oxygens (including phenoxy) is 1. The van der Waals surface area contributed by atoms with Gasteiger partial charge < -0.3 is 4.74 Å². The molecule has 0 saturated carbocycles. The van der Waals surface area contributed by atoms with Gasteiger partial charge in [0.1, 0.15) is 5.15 Å². The van der Waals surface area contributed by atoms with Gasteiger partial charge in [-0.1, -0.05) is 37.0 Å². The van der Waals surface area contributed by atoms with Crippen LogP contribution in [0.2, 0.25) is 10.2 Å². The number of pyridine rings is 1. The average Bonchev–Trinajstić information content (AvgIpc) is 2.10. The number of nitrogens with zero attached hydrogens (tertiary/aromatic N) is 1. The summed E-state index contributed by atoms with van der Waals surface area (Å²) < 4.78 is 5.41. The van der Waals surface area contributed by atoms with E-state index in [-0.39, 0.29) is 0 Å². The Hall–Kier alpha value is -0.310. The first-order valence-electron chi connectivity index (χ1n) is 4.48. The van der Waals surface area contributed by atoms with Crippen molar-refractivity contribution < 1.29 is 4.74 Å². The second-order valence-electron chi connectivity index (χ2n) is 3.47. The predicted molar refractivity (Wildman–Crippen MR) is 58.8 cm³/mol. The molecule has 1 aromatic heterocycles. The molecule has 0 aliphatic carbocycles. The van der Waals surface area contributed by atoms with Crippen molar-refractivity contribution in [3.63, 3.8) is 0 Å². The summed E-state index contributed by atoms with van der Waals surface area (Å²) in [6.07, 6.45) is 0. The third kappa shape index (κ3) is 3.82. The van der Waals surface area contributed by atoms with Crippen molar-refractivity contribution in [1.82, 2.24) is 4.98 Å². The highest BCUT2D eigenvalue weighted by atomic mass is 35.5. The number of halogens is 2. The van der Waals surface area contributed by atoms with Gasteiger partial charge in [0, 0.05) is 6.61 Å². The van der Waals surface area contributed by atoms with E-state index in [1.807, 2.05) is 0 Å². The maximum Gasteiger partial charge on any atom is 0.129 e. The van der Waals surface area contributed by atoms with Crippen LogP contribution in [0.4, 0.5) is 0 Å². The minimum atomic E-state index is 0.414. The normalized spacial score (nSPS) is 10.9. The summed E-state index contributed by atoms with van der Waals surface area (Å²) in [6.45, 7) is 5.29. The summed E-state index contributed by atoms with van der Waals surface area (Å²) in [5.41, 5.74) is 0.694. The van der Waals surface area contributed by atoms with E-state index in [0.717, 1.165) is 0 Å². The lowest BCUT2D eigenvalue weighted by Crippen LogP contribution is -2.03. The molecule has 0 atom stereocenters.